The van der Waals surface area contributed by atoms with Crippen LogP contribution in [0.4, 0.5) is 0 Å². The van der Waals surface area contributed by atoms with E-state index in [0.717, 1.165) is 38.5 Å². The molecule has 0 saturated heterocycles. The van der Waals surface area contributed by atoms with Crippen molar-refractivity contribution >= 4 is 13.7 Å². The number of aliphatic hydroxyl groups excluding tert-OH is 1. The van der Waals surface area contributed by atoms with Gasteiger partial charge in [0.15, 0.2) is 0 Å². The second kappa shape index (κ2) is 48.5. The number of hydrogen-bond acceptors (Lipinski definition) is 6. The number of rotatable bonds is 54. The summed E-state index contributed by atoms with van der Waals surface area (Å²) in [5.74, 6) is -0.156. The number of carbonyl (C=O) groups is 1. The molecule has 0 bridgehead atoms. The van der Waals surface area contributed by atoms with Crippen LogP contribution in [0.2, 0.25) is 0 Å². The van der Waals surface area contributed by atoms with Crippen molar-refractivity contribution in [3.05, 3.63) is 0 Å². The Hall–Kier alpha value is -0.500. The molecule has 390 valence electrons. The molecule has 0 radical (unpaired) electrons. The summed E-state index contributed by atoms with van der Waals surface area (Å²) in [6, 6.07) is -0.795. The molecule has 9 heteroatoms. The van der Waals surface area contributed by atoms with Gasteiger partial charge in [0.2, 0.25) is 5.91 Å². The van der Waals surface area contributed by atoms with Gasteiger partial charge >= 0.3 is 0 Å². The molecule has 0 rings (SSSR count). The molecule has 3 unspecified atom stereocenters. The third-order valence-electron chi connectivity index (χ3n) is 13.6. The van der Waals surface area contributed by atoms with E-state index in [1.54, 1.807) is 0 Å². The summed E-state index contributed by atoms with van der Waals surface area (Å²) in [6.45, 7) is 4.78. The average Bonchev–Trinajstić information content (AvgIpc) is 3.26. The van der Waals surface area contributed by atoms with Gasteiger partial charge in [0.25, 0.3) is 7.82 Å². The molecule has 0 aromatic rings. The molecule has 8 nitrogen and oxygen atoms in total. The van der Waals surface area contributed by atoms with Crippen LogP contribution < -0.4 is 10.2 Å². The van der Waals surface area contributed by atoms with Crippen molar-refractivity contribution in [1.82, 2.24) is 5.32 Å². The van der Waals surface area contributed by atoms with Gasteiger partial charge in [-0.05, 0) is 12.8 Å². The molecule has 0 aliphatic heterocycles. The lowest BCUT2D eigenvalue weighted by Crippen LogP contribution is -2.46. The van der Waals surface area contributed by atoms with Gasteiger partial charge in [-0.2, -0.15) is 0 Å². The second-order valence-electron chi connectivity index (χ2n) is 21.4. The van der Waals surface area contributed by atoms with Crippen molar-refractivity contribution in [2.24, 2.45) is 0 Å². The van der Waals surface area contributed by atoms with Gasteiger partial charge in [-0.15, -0.1) is 0 Å². The Labute approximate surface area is 406 Å². The minimum Gasteiger partial charge on any atom is -0.756 e. The molecule has 0 aromatic heterocycles. The number of hydrogen-bond donors (Lipinski definition) is 2. The Morgan fingerprint density at radius 1 is 0.477 bits per heavy atom. The molecular weight excluding hydrogens is 828 g/mol. The topological polar surface area (TPSA) is 108 Å². The lowest BCUT2D eigenvalue weighted by molar-refractivity contribution is -0.870. The van der Waals surface area contributed by atoms with Crippen LogP contribution in [0.25, 0.3) is 0 Å². The number of likely N-dealkylation sites (N-methyl/N-ethyl adjacent to an activating group) is 1. The maximum Gasteiger partial charge on any atom is 0.268 e. The molecule has 0 saturated carbocycles. The van der Waals surface area contributed by atoms with E-state index in [1.807, 2.05) is 21.1 Å². The van der Waals surface area contributed by atoms with Crippen LogP contribution in [0.15, 0.2) is 0 Å². The fraction of sp³-hybridized carbons (Fsp3) is 0.982. The zero-order valence-electron chi connectivity index (χ0n) is 44.5. The number of quaternary nitrogens is 1. The highest BCUT2D eigenvalue weighted by Gasteiger charge is 2.24. The fourth-order valence-electron chi connectivity index (χ4n) is 9.04. The van der Waals surface area contributed by atoms with Crippen LogP contribution in [0.1, 0.15) is 303 Å². The molecule has 0 fully saturated rings. The number of nitrogens with zero attached hydrogens (tertiary/aromatic N) is 1. The second-order valence-corrected chi connectivity index (χ2v) is 22.8. The van der Waals surface area contributed by atoms with Crippen molar-refractivity contribution in [3.63, 3.8) is 0 Å². The van der Waals surface area contributed by atoms with Crippen LogP contribution >= 0.6 is 7.82 Å². The van der Waals surface area contributed by atoms with Gasteiger partial charge < -0.3 is 28.8 Å². The lowest BCUT2D eigenvalue weighted by atomic mass is 10.0. The van der Waals surface area contributed by atoms with Crippen molar-refractivity contribution < 1.29 is 32.9 Å². The van der Waals surface area contributed by atoms with Crippen molar-refractivity contribution in [1.29, 1.82) is 0 Å². The van der Waals surface area contributed by atoms with Crippen LogP contribution in [-0.2, 0) is 18.4 Å². The number of phosphoric acid groups is 1. The smallest absolute Gasteiger partial charge is 0.268 e. The summed E-state index contributed by atoms with van der Waals surface area (Å²) in [4.78, 5) is 25.5. The molecule has 0 spiro atoms. The Balaban J connectivity index is 4.13. The molecule has 0 aromatic carbocycles. The van der Waals surface area contributed by atoms with Crippen molar-refractivity contribution in [2.75, 3.05) is 40.9 Å². The Kier molecular flexibility index (Phi) is 48.1. The van der Waals surface area contributed by atoms with Gasteiger partial charge in [0.1, 0.15) is 13.2 Å². The quantitative estimate of drug-likeness (QED) is 0.0357. The molecule has 2 N–H and O–H groups in total. The maximum absolute atomic E-state index is 13.0. The van der Waals surface area contributed by atoms with Crippen molar-refractivity contribution in [3.8, 4) is 0 Å². The van der Waals surface area contributed by atoms with E-state index >= 15 is 0 Å². The van der Waals surface area contributed by atoms with Gasteiger partial charge in [-0.25, -0.2) is 0 Å². The Bertz CT molecular complexity index is 1030. The van der Waals surface area contributed by atoms with E-state index in [9.17, 15) is 19.4 Å². The van der Waals surface area contributed by atoms with E-state index in [0.29, 0.717) is 23.9 Å². The number of aliphatic hydroxyl groups is 1. The number of unbranched alkanes of at least 4 members (excludes halogenated alkanes) is 41. The van der Waals surface area contributed by atoms with E-state index in [2.05, 4.69) is 19.2 Å². The first-order chi connectivity index (χ1) is 31.5. The first-order valence-corrected chi connectivity index (χ1v) is 30.3. The number of carbonyl (C=O) groups excluding carboxylic acids is 1. The number of amides is 1. The number of phosphoric ester groups is 1. The molecule has 0 aliphatic carbocycles. The molecular formula is C56H115N2O6P. The van der Waals surface area contributed by atoms with Crippen LogP contribution in [0, 0.1) is 0 Å². The SMILES string of the molecule is CCCCCCCCCCCCCCCCCCCCCCCCCC(=O)NC(COP(=O)([O-])OCC[N+](C)(C)C)C(O)CCCCCCCCCCCCCCCCCCCCCC. The summed E-state index contributed by atoms with van der Waals surface area (Å²) < 4.78 is 23.4. The largest absolute Gasteiger partial charge is 0.756 e. The van der Waals surface area contributed by atoms with E-state index in [4.69, 9.17) is 9.05 Å². The zero-order valence-corrected chi connectivity index (χ0v) is 45.4. The minimum absolute atomic E-state index is 0.0167. The first-order valence-electron chi connectivity index (χ1n) is 28.9. The third kappa shape index (κ3) is 51.2. The predicted molar refractivity (Wildman–Crippen MR) is 279 cm³/mol. The molecule has 65 heavy (non-hydrogen) atoms. The Morgan fingerprint density at radius 2 is 0.754 bits per heavy atom. The zero-order chi connectivity index (χ0) is 47.8. The number of nitrogens with one attached hydrogen (secondary N) is 1. The monoisotopic (exact) mass is 943 g/mol. The molecule has 0 aliphatic rings. The highest BCUT2D eigenvalue weighted by molar-refractivity contribution is 7.45. The maximum atomic E-state index is 13.0. The molecule has 3 atom stereocenters. The van der Waals surface area contributed by atoms with Crippen LogP contribution in [0.3, 0.4) is 0 Å². The standard InChI is InChI=1S/C56H115N2O6P/c1-6-8-10-12-14-16-18-20-22-24-26-28-29-30-32-34-36-38-40-42-44-46-48-50-56(60)57-54(53-64-65(61,62)63-52-51-58(3,4)5)55(59)49-47-45-43-41-39-37-35-33-31-27-25-23-21-19-17-15-13-11-9-7-2/h54-55,59H,6-53H2,1-5H3,(H-,57,60,61,62). The van der Waals surface area contributed by atoms with Gasteiger partial charge in [0, 0.05) is 6.42 Å². The van der Waals surface area contributed by atoms with Crippen molar-refractivity contribution in [2.45, 2.75) is 315 Å². The molecule has 0 heterocycles. The predicted octanol–water partition coefficient (Wildman–Crippen LogP) is 16.6. The highest BCUT2D eigenvalue weighted by Crippen LogP contribution is 2.38. The minimum atomic E-state index is -4.57. The van der Waals surface area contributed by atoms with E-state index < -0.39 is 20.0 Å². The summed E-state index contributed by atoms with van der Waals surface area (Å²) in [6.07, 6.45) is 57.0. The summed E-state index contributed by atoms with van der Waals surface area (Å²) in [7, 11) is 1.33. The van der Waals surface area contributed by atoms with Crippen LogP contribution in [0.5, 0.6) is 0 Å². The summed E-state index contributed by atoms with van der Waals surface area (Å²) >= 11 is 0. The van der Waals surface area contributed by atoms with Gasteiger partial charge in [-0.3, -0.25) is 9.36 Å². The Morgan fingerprint density at radius 3 is 1.05 bits per heavy atom. The summed E-state index contributed by atoms with van der Waals surface area (Å²) in [5.41, 5.74) is 0. The van der Waals surface area contributed by atoms with Gasteiger partial charge in [-0.1, -0.05) is 284 Å². The van der Waals surface area contributed by atoms with Crippen LogP contribution in [-0.4, -0.2) is 68.5 Å². The van der Waals surface area contributed by atoms with E-state index in [1.165, 1.54) is 238 Å². The molecule has 1 amide bonds. The highest BCUT2D eigenvalue weighted by atomic mass is 31.2. The van der Waals surface area contributed by atoms with E-state index in [-0.39, 0.29) is 19.1 Å². The normalized spacial score (nSPS) is 13.9. The fourth-order valence-corrected chi connectivity index (χ4v) is 9.77. The average molecular weight is 944 g/mol. The van der Waals surface area contributed by atoms with Gasteiger partial charge in [0.05, 0.1) is 39.9 Å². The first kappa shape index (κ1) is 64.5. The third-order valence-corrected chi connectivity index (χ3v) is 14.6. The lowest BCUT2D eigenvalue weighted by Gasteiger charge is -2.30. The summed E-state index contributed by atoms with van der Waals surface area (Å²) in [5, 5.41) is 14.0.